The Hall–Kier alpha value is -1.55. The molecule has 0 aromatic heterocycles. The monoisotopic (exact) mass is 264 g/mol. The number of rotatable bonds is 6. The van der Waals surface area contributed by atoms with Gasteiger partial charge in [-0.1, -0.05) is 17.7 Å². The van der Waals surface area contributed by atoms with E-state index in [1.165, 1.54) is 0 Å². The van der Waals surface area contributed by atoms with Crippen molar-refractivity contribution in [2.75, 3.05) is 31.6 Å². The molecule has 4 nitrogen and oxygen atoms in total. The third-order valence-electron chi connectivity index (χ3n) is 3.31. The second kappa shape index (κ2) is 7.14. The Kier molecular flexibility index (Phi) is 5.83. The lowest BCUT2D eigenvalue weighted by Gasteiger charge is -2.26. The summed E-state index contributed by atoms with van der Waals surface area (Å²) in [7, 11) is 1.88. The number of aliphatic hydroxyl groups is 1. The molecule has 0 aliphatic heterocycles. The molecule has 106 valence electrons. The van der Waals surface area contributed by atoms with E-state index in [0.29, 0.717) is 6.54 Å². The molecule has 0 atom stereocenters. The van der Waals surface area contributed by atoms with Crippen molar-refractivity contribution in [3.8, 4) is 0 Å². The molecule has 0 aliphatic carbocycles. The third-order valence-corrected chi connectivity index (χ3v) is 3.31. The molecular formula is C15H24N2O2. The molecule has 0 heterocycles. The first-order valence-electron chi connectivity index (χ1n) is 6.72. The van der Waals surface area contributed by atoms with Gasteiger partial charge in [-0.05, 0) is 26.8 Å². The lowest BCUT2D eigenvalue weighted by atomic mass is 10.1. The summed E-state index contributed by atoms with van der Waals surface area (Å²) in [5, 5.41) is 9.41. The van der Waals surface area contributed by atoms with Gasteiger partial charge in [-0.25, -0.2) is 0 Å². The highest BCUT2D eigenvalue weighted by Gasteiger charge is 2.14. The lowest BCUT2D eigenvalue weighted by molar-refractivity contribution is -0.129. The number of aryl methyl sites for hydroxylation is 1. The molecule has 1 N–H and O–H groups in total. The molecular weight excluding hydrogens is 240 g/mol. The SMILES string of the molecule is CCN(CC)C(=O)CN(C)c1ccc(C)cc1CO. The smallest absolute Gasteiger partial charge is 0.242 e. The molecule has 1 aromatic carbocycles. The Balaban J connectivity index is 2.83. The number of benzene rings is 1. The molecule has 0 fully saturated rings. The van der Waals surface area contributed by atoms with Crippen LogP contribution < -0.4 is 4.90 Å². The fraction of sp³-hybridized carbons (Fsp3) is 0.533. The number of aliphatic hydroxyl groups excluding tert-OH is 1. The highest BCUT2D eigenvalue weighted by Crippen LogP contribution is 2.21. The summed E-state index contributed by atoms with van der Waals surface area (Å²) in [5.41, 5.74) is 2.87. The number of hydrogen-bond donors (Lipinski definition) is 1. The summed E-state index contributed by atoms with van der Waals surface area (Å²) >= 11 is 0. The van der Waals surface area contributed by atoms with Crippen LogP contribution in [0.3, 0.4) is 0 Å². The predicted molar refractivity (Wildman–Crippen MR) is 78.3 cm³/mol. The Morgan fingerprint density at radius 3 is 2.42 bits per heavy atom. The van der Waals surface area contributed by atoms with Crippen molar-refractivity contribution in [2.45, 2.75) is 27.4 Å². The zero-order valence-electron chi connectivity index (χ0n) is 12.3. The van der Waals surface area contributed by atoms with E-state index < -0.39 is 0 Å². The Labute approximate surface area is 115 Å². The maximum atomic E-state index is 12.1. The zero-order valence-corrected chi connectivity index (χ0v) is 12.3. The topological polar surface area (TPSA) is 43.8 Å². The van der Waals surface area contributed by atoms with Crippen LogP contribution in [0.4, 0.5) is 5.69 Å². The van der Waals surface area contributed by atoms with E-state index in [2.05, 4.69) is 0 Å². The van der Waals surface area contributed by atoms with E-state index in [4.69, 9.17) is 0 Å². The van der Waals surface area contributed by atoms with Gasteiger partial charge >= 0.3 is 0 Å². The maximum Gasteiger partial charge on any atom is 0.242 e. The molecule has 1 aromatic rings. The van der Waals surface area contributed by atoms with Gasteiger partial charge < -0.3 is 14.9 Å². The number of anilines is 1. The second-order valence-corrected chi connectivity index (χ2v) is 4.71. The number of amides is 1. The van der Waals surface area contributed by atoms with E-state index in [9.17, 15) is 9.90 Å². The van der Waals surface area contributed by atoms with Crippen molar-refractivity contribution in [3.05, 3.63) is 29.3 Å². The highest BCUT2D eigenvalue weighted by molar-refractivity contribution is 5.81. The van der Waals surface area contributed by atoms with Crippen molar-refractivity contribution in [1.29, 1.82) is 0 Å². The maximum absolute atomic E-state index is 12.1. The summed E-state index contributed by atoms with van der Waals surface area (Å²) in [6.45, 7) is 7.72. The van der Waals surface area contributed by atoms with E-state index in [1.807, 2.05) is 55.8 Å². The van der Waals surface area contributed by atoms with Crippen LogP contribution in [0.25, 0.3) is 0 Å². The molecule has 0 unspecified atom stereocenters. The van der Waals surface area contributed by atoms with Crippen LogP contribution in [0, 0.1) is 6.92 Å². The molecule has 0 spiro atoms. The van der Waals surface area contributed by atoms with Crippen LogP contribution in [0.2, 0.25) is 0 Å². The molecule has 0 aliphatic rings. The van der Waals surface area contributed by atoms with E-state index >= 15 is 0 Å². The molecule has 0 saturated heterocycles. The number of carbonyl (C=O) groups is 1. The van der Waals surface area contributed by atoms with Crippen molar-refractivity contribution in [2.24, 2.45) is 0 Å². The summed E-state index contributed by atoms with van der Waals surface area (Å²) in [6.07, 6.45) is 0. The molecule has 1 rings (SSSR count). The highest BCUT2D eigenvalue weighted by atomic mass is 16.3. The molecule has 19 heavy (non-hydrogen) atoms. The number of likely N-dealkylation sites (N-methyl/N-ethyl adjacent to an activating group) is 2. The summed E-state index contributed by atoms with van der Waals surface area (Å²) in [6, 6.07) is 5.90. The van der Waals surface area contributed by atoms with Crippen molar-refractivity contribution >= 4 is 11.6 Å². The number of carbonyl (C=O) groups excluding carboxylic acids is 1. The number of nitrogens with zero attached hydrogens (tertiary/aromatic N) is 2. The minimum absolute atomic E-state index is 0.0131. The number of hydrogen-bond acceptors (Lipinski definition) is 3. The van der Waals surface area contributed by atoms with Crippen molar-refractivity contribution in [3.63, 3.8) is 0 Å². The first-order valence-corrected chi connectivity index (χ1v) is 6.72. The Bertz CT molecular complexity index is 428. The van der Waals surface area contributed by atoms with E-state index in [0.717, 1.165) is 29.9 Å². The van der Waals surface area contributed by atoms with Gasteiger partial charge in [0.2, 0.25) is 5.91 Å². The Morgan fingerprint density at radius 1 is 1.26 bits per heavy atom. The van der Waals surface area contributed by atoms with Crippen LogP contribution in [0.5, 0.6) is 0 Å². The van der Waals surface area contributed by atoms with Crippen LogP contribution in [-0.4, -0.2) is 42.6 Å². The first kappa shape index (κ1) is 15.5. The standard InChI is InChI=1S/C15H24N2O2/c1-5-17(6-2)15(19)10-16(4)14-8-7-12(3)9-13(14)11-18/h7-9,18H,5-6,10-11H2,1-4H3. The van der Waals surface area contributed by atoms with Crippen molar-refractivity contribution < 1.29 is 9.90 Å². The lowest BCUT2D eigenvalue weighted by Crippen LogP contribution is -2.39. The largest absolute Gasteiger partial charge is 0.392 e. The van der Waals surface area contributed by atoms with Crippen molar-refractivity contribution in [1.82, 2.24) is 4.90 Å². The van der Waals surface area contributed by atoms with Gasteiger partial charge in [-0.2, -0.15) is 0 Å². The van der Waals surface area contributed by atoms with Crippen LogP contribution in [0.1, 0.15) is 25.0 Å². The second-order valence-electron chi connectivity index (χ2n) is 4.71. The molecule has 0 bridgehead atoms. The molecule has 4 heteroatoms. The summed E-state index contributed by atoms with van der Waals surface area (Å²) in [5.74, 6) is 0.108. The Morgan fingerprint density at radius 2 is 1.89 bits per heavy atom. The van der Waals surface area contributed by atoms with Crippen LogP contribution in [0.15, 0.2) is 18.2 Å². The fourth-order valence-corrected chi connectivity index (χ4v) is 2.18. The van der Waals surface area contributed by atoms with Gasteiger partial charge in [0.15, 0.2) is 0 Å². The minimum atomic E-state index is -0.0131. The van der Waals surface area contributed by atoms with Gasteiger partial charge in [-0.15, -0.1) is 0 Å². The minimum Gasteiger partial charge on any atom is -0.392 e. The predicted octanol–water partition coefficient (Wildman–Crippen LogP) is 1.79. The zero-order chi connectivity index (χ0) is 14.4. The van der Waals surface area contributed by atoms with Gasteiger partial charge in [0, 0.05) is 31.4 Å². The summed E-state index contributed by atoms with van der Waals surface area (Å²) < 4.78 is 0. The first-order chi connectivity index (χ1) is 9.03. The average molecular weight is 264 g/mol. The third kappa shape index (κ3) is 3.96. The van der Waals surface area contributed by atoms with Gasteiger partial charge in [0.05, 0.1) is 13.2 Å². The van der Waals surface area contributed by atoms with Crippen LogP contribution in [-0.2, 0) is 11.4 Å². The van der Waals surface area contributed by atoms with Gasteiger partial charge in [0.1, 0.15) is 0 Å². The van der Waals surface area contributed by atoms with Gasteiger partial charge in [0.25, 0.3) is 0 Å². The molecule has 0 radical (unpaired) electrons. The van der Waals surface area contributed by atoms with E-state index in [1.54, 1.807) is 0 Å². The molecule has 1 amide bonds. The quantitative estimate of drug-likeness (QED) is 0.852. The molecule has 0 saturated carbocycles. The van der Waals surface area contributed by atoms with Gasteiger partial charge in [-0.3, -0.25) is 4.79 Å². The van der Waals surface area contributed by atoms with Crippen LogP contribution >= 0.6 is 0 Å². The van der Waals surface area contributed by atoms with E-state index in [-0.39, 0.29) is 12.5 Å². The average Bonchev–Trinajstić information content (AvgIpc) is 2.39. The normalized spacial score (nSPS) is 10.4. The summed E-state index contributed by atoms with van der Waals surface area (Å²) in [4.78, 5) is 15.8. The fourth-order valence-electron chi connectivity index (χ4n) is 2.18.